The number of hydrazone groups is 1. The lowest BCUT2D eigenvalue weighted by atomic mass is 9.88. The Morgan fingerprint density at radius 3 is 2.20 bits per heavy atom. The molecule has 0 radical (unpaired) electrons. The molecule has 0 heterocycles. The number of nitrogens with one attached hydrogen (secondary N) is 1. The first-order valence-electron chi connectivity index (χ1n) is 5.28. The molecule has 5 nitrogen and oxygen atoms in total. The fourth-order valence-corrected chi connectivity index (χ4v) is 1.56. The molecule has 0 spiro atoms. The Kier molecular flexibility index (Phi) is 5.93. The Hall–Kier alpha value is -1.10. The second-order valence-electron chi connectivity index (χ2n) is 3.70. The summed E-state index contributed by atoms with van der Waals surface area (Å²) >= 11 is 0. The van der Waals surface area contributed by atoms with E-state index in [0.717, 1.165) is 12.8 Å². The number of aliphatic hydroxyl groups is 1. The second-order valence-corrected chi connectivity index (χ2v) is 3.70. The van der Waals surface area contributed by atoms with Crippen LogP contribution in [0.15, 0.2) is 5.10 Å². The number of hydrogen-bond donors (Lipinski definition) is 3. The minimum absolute atomic E-state index is 0.505. The molecule has 5 heteroatoms. The highest BCUT2D eigenvalue weighted by molar-refractivity contribution is 5.91. The summed E-state index contributed by atoms with van der Waals surface area (Å²) in [5, 5.41) is 14.0. The van der Waals surface area contributed by atoms with Crippen LogP contribution < -0.4 is 11.2 Å². The minimum Gasteiger partial charge on any atom is -0.384 e. The molecule has 0 aromatic carbocycles. The first-order valence-corrected chi connectivity index (χ1v) is 5.28. The molecule has 0 aromatic rings. The Morgan fingerprint density at radius 2 is 1.87 bits per heavy atom. The van der Waals surface area contributed by atoms with Gasteiger partial charge in [-0.2, -0.15) is 5.10 Å². The number of primary amides is 1. The summed E-state index contributed by atoms with van der Waals surface area (Å²) in [4.78, 5) is 10.5. The lowest BCUT2D eigenvalue weighted by Gasteiger charge is -2.27. The normalized spacial score (nSPS) is 12.7. The summed E-state index contributed by atoms with van der Waals surface area (Å²) in [5.74, 6) is 0. The quantitative estimate of drug-likeness (QED) is 0.461. The Morgan fingerprint density at radius 1 is 1.40 bits per heavy atom. The van der Waals surface area contributed by atoms with Crippen molar-refractivity contribution in [3.8, 4) is 0 Å². The zero-order valence-electron chi connectivity index (χ0n) is 9.71. The fourth-order valence-electron chi connectivity index (χ4n) is 1.56. The third-order valence-corrected chi connectivity index (χ3v) is 2.33. The lowest BCUT2D eigenvalue weighted by Crippen LogP contribution is -2.39. The summed E-state index contributed by atoms with van der Waals surface area (Å²) in [6.45, 7) is 5.69. The van der Waals surface area contributed by atoms with E-state index in [-0.39, 0.29) is 0 Å². The van der Waals surface area contributed by atoms with Gasteiger partial charge in [0.1, 0.15) is 5.60 Å². The zero-order chi connectivity index (χ0) is 11.9. The number of rotatable bonds is 6. The molecular weight excluding hydrogens is 194 g/mol. The third-order valence-electron chi connectivity index (χ3n) is 2.33. The van der Waals surface area contributed by atoms with Gasteiger partial charge < -0.3 is 10.8 Å². The summed E-state index contributed by atoms with van der Waals surface area (Å²) < 4.78 is 0. The number of amides is 2. The van der Waals surface area contributed by atoms with Crippen molar-refractivity contribution in [2.75, 3.05) is 0 Å². The number of hydrogen-bond acceptors (Lipinski definition) is 3. The van der Waals surface area contributed by atoms with Crippen molar-refractivity contribution in [2.24, 2.45) is 10.8 Å². The van der Waals surface area contributed by atoms with Gasteiger partial charge in [0.05, 0.1) is 5.71 Å². The highest BCUT2D eigenvalue weighted by Gasteiger charge is 2.28. The standard InChI is InChI=1S/C10H21N3O2/c1-4-6-10(15,7-5-2)8(3)12-13-9(11)14/h15H,4-7H2,1-3H3,(H3,11,13,14)/b12-8-. The van der Waals surface area contributed by atoms with Gasteiger partial charge in [0, 0.05) is 0 Å². The van der Waals surface area contributed by atoms with E-state index in [9.17, 15) is 9.90 Å². The predicted octanol–water partition coefficient (Wildman–Crippen LogP) is 1.36. The van der Waals surface area contributed by atoms with Gasteiger partial charge in [-0.25, -0.2) is 10.2 Å². The van der Waals surface area contributed by atoms with Crippen LogP contribution in [0.2, 0.25) is 0 Å². The first kappa shape index (κ1) is 13.9. The van der Waals surface area contributed by atoms with Crippen LogP contribution in [0.25, 0.3) is 0 Å². The SMILES string of the molecule is CCCC(O)(CCC)/C(C)=N\NC(N)=O. The van der Waals surface area contributed by atoms with Crippen LogP contribution >= 0.6 is 0 Å². The third kappa shape index (κ3) is 4.78. The molecule has 0 saturated heterocycles. The second kappa shape index (κ2) is 6.40. The van der Waals surface area contributed by atoms with Gasteiger partial charge >= 0.3 is 6.03 Å². The molecule has 0 aromatic heterocycles. The largest absolute Gasteiger partial charge is 0.384 e. The van der Waals surface area contributed by atoms with Gasteiger partial charge in [0.25, 0.3) is 0 Å². The topological polar surface area (TPSA) is 87.7 Å². The van der Waals surface area contributed by atoms with Gasteiger partial charge in [0.15, 0.2) is 0 Å². The number of nitrogens with zero attached hydrogens (tertiary/aromatic N) is 1. The summed E-state index contributed by atoms with van der Waals surface area (Å²) in [6.07, 6.45) is 2.99. The van der Waals surface area contributed by atoms with Gasteiger partial charge in [-0.05, 0) is 19.8 Å². The van der Waals surface area contributed by atoms with Gasteiger partial charge in [0.2, 0.25) is 0 Å². The van der Waals surface area contributed by atoms with E-state index in [0.29, 0.717) is 18.6 Å². The molecule has 0 aliphatic rings. The number of urea groups is 1. The average molecular weight is 215 g/mol. The van der Waals surface area contributed by atoms with Crippen LogP contribution in [0.3, 0.4) is 0 Å². The summed E-state index contributed by atoms with van der Waals surface area (Å²) in [6, 6.07) is -0.718. The molecule has 0 saturated carbocycles. The van der Waals surface area contributed by atoms with E-state index in [4.69, 9.17) is 5.73 Å². The van der Waals surface area contributed by atoms with Crippen LogP contribution in [0, 0.1) is 0 Å². The molecule has 0 aliphatic carbocycles. The average Bonchev–Trinajstić information content (AvgIpc) is 2.14. The molecule has 0 atom stereocenters. The maximum absolute atomic E-state index is 10.5. The van der Waals surface area contributed by atoms with E-state index < -0.39 is 11.6 Å². The molecule has 15 heavy (non-hydrogen) atoms. The van der Waals surface area contributed by atoms with E-state index >= 15 is 0 Å². The zero-order valence-corrected chi connectivity index (χ0v) is 9.71. The van der Waals surface area contributed by atoms with Gasteiger partial charge in [-0.1, -0.05) is 26.7 Å². The van der Waals surface area contributed by atoms with Gasteiger partial charge in [-0.3, -0.25) is 0 Å². The number of carbonyl (C=O) groups is 1. The Labute approximate surface area is 90.7 Å². The summed E-state index contributed by atoms with van der Waals surface area (Å²) in [5.41, 5.74) is 6.61. The van der Waals surface area contributed by atoms with Crippen molar-refractivity contribution >= 4 is 11.7 Å². The number of nitrogens with two attached hydrogens (primary N) is 1. The highest BCUT2D eigenvalue weighted by atomic mass is 16.3. The molecule has 0 unspecified atom stereocenters. The van der Waals surface area contributed by atoms with Crippen LogP contribution in [-0.2, 0) is 0 Å². The van der Waals surface area contributed by atoms with Crippen molar-refractivity contribution in [3.05, 3.63) is 0 Å². The first-order chi connectivity index (χ1) is 6.96. The van der Waals surface area contributed by atoms with Crippen molar-refractivity contribution in [1.29, 1.82) is 0 Å². The lowest BCUT2D eigenvalue weighted by molar-refractivity contribution is 0.0898. The maximum atomic E-state index is 10.5. The Balaban J connectivity index is 4.59. The van der Waals surface area contributed by atoms with Crippen molar-refractivity contribution in [2.45, 2.75) is 52.1 Å². The van der Waals surface area contributed by atoms with E-state index in [2.05, 4.69) is 10.5 Å². The molecular formula is C10H21N3O2. The van der Waals surface area contributed by atoms with Crippen molar-refractivity contribution < 1.29 is 9.90 Å². The number of carbonyl (C=O) groups excluding carboxylic acids is 1. The van der Waals surface area contributed by atoms with Gasteiger partial charge in [-0.15, -0.1) is 0 Å². The van der Waals surface area contributed by atoms with E-state index in [1.807, 2.05) is 13.8 Å². The fraction of sp³-hybridized carbons (Fsp3) is 0.800. The highest BCUT2D eigenvalue weighted by Crippen LogP contribution is 2.21. The van der Waals surface area contributed by atoms with Crippen LogP contribution in [0.1, 0.15) is 46.5 Å². The maximum Gasteiger partial charge on any atom is 0.332 e. The molecule has 0 aliphatic heterocycles. The van der Waals surface area contributed by atoms with Crippen molar-refractivity contribution in [1.82, 2.24) is 5.43 Å². The summed E-state index contributed by atoms with van der Waals surface area (Å²) in [7, 11) is 0. The molecule has 0 rings (SSSR count). The van der Waals surface area contributed by atoms with E-state index in [1.54, 1.807) is 6.92 Å². The van der Waals surface area contributed by atoms with Crippen LogP contribution in [-0.4, -0.2) is 22.5 Å². The Bertz CT molecular complexity index is 233. The van der Waals surface area contributed by atoms with Crippen LogP contribution in [0.5, 0.6) is 0 Å². The van der Waals surface area contributed by atoms with Crippen molar-refractivity contribution in [3.63, 3.8) is 0 Å². The predicted molar refractivity (Wildman–Crippen MR) is 60.6 cm³/mol. The molecule has 0 bridgehead atoms. The van der Waals surface area contributed by atoms with E-state index in [1.165, 1.54) is 0 Å². The van der Waals surface area contributed by atoms with Crippen LogP contribution in [0.4, 0.5) is 4.79 Å². The molecule has 4 N–H and O–H groups in total. The minimum atomic E-state index is -0.925. The monoisotopic (exact) mass is 215 g/mol. The molecule has 2 amide bonds. The molecule has 88 valence electrons. The molecule has 0 fully saturated rings. The smallest absolute Gasteiger partial charge is 0.332 e.